The Morgan fingerprint density at radius 3 is 2.43 bits per heavy atom. The van der Waals surface area contributed by atoms with Crippen molar-refractivity contribution < 1.29 is 14.5 Å². The highest BCUT2D eigenvalue weighted by Gasteiger charge is 2.16. The van der Waals surface area contributed by atoms with E-state index in [0.29, 0.717) is 12.1 Å². The van der Waals surface area contributed by atoms with Crippen LogP contribution in [0, 0.1) is 17.0 Å². The topological polar surface area (TPSA) is 105 Å². The Balaban J connectivity index is 1.50. The van der Waals surface area contributed by atoms with Gasteiger partial charge >= 0.3 is 0 Å². The first-order valence-electron chi connectivity index (χ1n) is 10.0. The molecule has 2 amide bonds. The van der Waals surface area contributed by atoms with Crippen LogP contribution in [-0.4, -0.2) is 41.3 Å². The molecular formula is C22H26N4O4. The third-order valence-electron chi connectivity index (χ3n) is 5.25. The highest BCUT2D eigenvalue weighted by molar-refractivity contribution is 5.96. The van der Waals surface area contributed by atoms with E-state index in [0.717, 1.165) is 25.2 Å². The molecule has 1 fully saturated rings. The molecule has 1 saturated heterocycles. The third-order valence-corrected chi connectivity index (χ3v) is 5.25. The van der Waals surface area contributed by atoms with Crippen molar-refractivity contribution >= 4 is 17.5 Å². The van der Waals surface area contributed by atoms with E-state index in [9.17, 15) is 19.7 Å². The summed E-state index contributed by atoms with van der Waals surface area (Å²) in [6, 6.07) is 12.2. The second kappa shape index (κ2) is 9.98. The number of nitrogens with one attached hydrogen (secondary N) is 2. The van der Waals surface area contributed by atoms with E-state index in [-0.39, 0.29) is 23.7 Å². The van der Waals surface area contributed by atoms with Gasteiger partial charge in [0, 0.05) is 30.3 Å². The van der Waals surface area contributed by atoms with Crippen LogP contribution in [-0.2, 0) is 17.9 Å². The average molecular weight is 410 g/mol. The maximum absolute atomic E-state index is 12.2. The molecule has 1 heterocycles. The van der Waals surface area contributed by atoms with Crippen LogP contribution in [0.25, 0.3) is 0 Å². The van der Waals surface area contributed by atoms with Gasteiger partial charge in [0.05, 0.1) is 11.5 Å². The number of hydrogen-bond donors (Lipinski definition) is 2. The highest BCUT2D eigenvalue weighted by atomic mass is 16.6. The van der Waals surface area contributed by atoms with Crippen LogP contribution in [0.1, 0.15) is 39.9 Å². The number of carbonyl (C=O) groups is 2. The molecule has 0 atom stereocenters. The van der Waals surface area contributed by atoms with Crippen molar-refractivity contribution in [1.29, 1.82) is 0 Å². The zero-order valence-corrected chi connectivity index (χ0v) is 17.0. The molecule has 30 heavy (non-hydrogen) atoms. The van der Waals surface area contributed by atoms with E-state index in [1.165, 1.54) is 36.6 Å². The summed E-state index contributed by atoms with van der Waals surface area (Å²) < 4.78 is 0. The lowest BCUT2D eigenvalue weighted by molar-refractivity contribution is -0.385. The van der Waals surface area contributed by atoms with Gasteiger partial charge in [-0.05, 0) is 56.1 Å². The fourth-order valence-electron chi connectivity index (χ4n) is 3.59. The molecule has 0 bridgehead atoms. The van der Waals surface area contributed by atoms with Gasteiger partial charge in [-0.2, -0.15) is 0 Å². The molecule has 3 rings (SSSR count). The molecule has 8 heteroatoms. The first-order chi connectivity index (χ1) is 14.4. The Morgan fingerprint density at radius 1 is 1.07 bits per heavy atom. The molecule has 8 nitrogen and oxygen atoms in total. The van der Waals surface area contributed by atoms with Gasteiger partial charge in [0.15, 0.2) is 0 Å². The predicted molar refractivity (Wildman–Crippen MR) is 113 cm³/mol. The smallest absolute Gasteiger partial charge is 0.272 e. The standard InChI is InChI=1S/C22H26N4O4/c1-16-12-17(8-9-20(16)26(29)30)22(28)24-14-21(27)23-13-18-6-2-3-7-19(18)15-25-10-4-5-11-25/h2-3,6-9,12H,4-5,10-11,13-15H2,1H3,(H,23,27)(H,24,28). The van der Waals surface area contributed by atoms with Crippen LogP contribution in [0.4, 0.5) is 5.69 Å². The van der Waals surface area contributed by atoms with Crippen LogP contribution in [0.3, 0.4) is 0 Å². The van der Waals surface area contributed by atoms with Gasteiger partial charge in [-0.25, -0.2) is 0 Å². The molecule has 2 N–H and O–H groups in total. The number of carbonyl (C=O) groups excluding carboxylic acids is 2. The Hall–Kier alpha value is -3.26. The number of nitrogens with zero attached hydrogens (tertiary/aromatic N) is 2. The van der Waals surface area contributed by atoms with Crippen LogP contribution in [0.15, 0.2) is 42.5 Å². The van der Waals surface area contributed by atoms with Gasteiger partial charge in [0.25, 0.3) is 11.6 Å². The number of nitro groups is 1. The molecule has 158 valence electrons. The van der Waals surface area contributed by atoms with E-state index < -0.39 is 10.8 Å². The van der Waals surface area contributed by atoms with Crippen LogP contribution in [0.2, 0.25) is 0 Å². The minimum Gasteiger partial charge on any atom is -0.350 e. The fraction of sp³-hybridized carbons (Fsp3) is 0.364. The minimum absolute atomic E-state index is 0.0445. The second-order valence-corrected chi connectivity index (χ2v) is 7.47. The number of amides is 2. The highest BCUT2D eigenvalue weighted by Crippen LogP contribution is 2.19. The van der Waals surface area contributed by atoms with Crippen molar-refractivity contribution in [2.45, 2.75) is 32.9 Å². The van der Waals surface area contributed by atoms with Crippen molar-refractivity contribution in [3.63, 3.8) is 0 Å². The monoisotopic (exact) mass is 410 g/mol. The number of likely N-dealkylation sites (tertiary alicyclic amines) is 1. The van der Waals surface area contributed by atoms with E-state index >= 15 is 0 Å². The SMILES string of the molecule is Cc1cc(C(=O)NCC(=O)NCc2ccccc2CN2CCCC2)ccc1[N+](=O)[O-]. The lowest BCUT2D eigenvalue weighted by Gasteiger charge is -2.17. The second-order valence-electron chi connectivity index (χ2n) is 7.47. The summed E-state index contributed by atoms with van der Waals surface area (Å²) in [5, 5.41) is 16.3. The largest absolute Gasteiger partial charge is 0.350 e. The number of aryl methyl sites for hydroxylation is 1. The number of benzene rings is 2. The molecule has 0 aromatic heterocycles. The molecule has 1 aliphatic rings. The fourth-order valence-corrected chi connectivity index (χ4v) is 3.59. The zero-order valence-electron chi connectivity index (χ0n) is 17.0. The summed E-state index contributed by atoms with van der Waals surface area (Å²) in [7, 11) is 0. The molecule has 2 aromatic rings. The maximum Gasteiger partial charge on any atom is 0.272 e. The van der Waals surface area contributed by atoms with E-state index in [4.69, 9.17) is 0 Å². The van der Waals surface area contributed by atoms with Gasteiger partial charge in [0.1, 0.15) is 0 Å². The predicted octanol–water partition coefficient (Wildman–Crippen LogP) is 2.55. The summed E-state index contributed by atoms with van der Waals surface area (Å²) in [5.74, 6) is -0.740. The minimum atomic E-state index is -0.494. The van der Waals surface area contributed by atoms with Crippen molar-refractivity contribution in [3.05, 3.63) is 74.8 Å². The summed E-state index contributed by atoms with van der Waals surface area (Å²) in [4.78, 5) is 37.2. The van der Waals surface area contributed by atoms with Gasteiger partial charge in [-0.1, -0.05) is 24.3 Å². The van der Waals surface area contributed by atoms with Crippen LogP contribution >= 0.6 is 0 Å². The molecule has 0 saturated carbocycles. The number of hydrogen-bond acceptors (Lipinski definition) is 5. The first-order valence-corrected chi connectivity index (χ1v) is 10.0. The van der Waals surface area contributed by atoms with Gasteiger partial charge in [0.2, 0.25) is 5.91 Å². The lowest BCUT2D eigenvalue weighted by Crippen LogP contribution is -2.36. The zero-order chi connectivity index (χ0) is 21.5. The van der Waals surface area contributed by atoms with Crippen LogP contribution < -0.4 is 10.6 Å². The van der Waals surface area contributed by atoms with E-state index in [1.54, 1.807) is 6.92 Å². The van der Waals surface area contributed by atoms with Crippen molar-refractivity contribution in [2.75, 3.05) is 19.6 Å². The first kappa shape index (κ1) is 21.4. The lowest BCUT2D eigenvalue weighted by atomic mass is 10.1. The molecule has 0 aliphatic carbocycles. The summed E-state index contributed by atoms with van der Waals surface area (Å²) in [5.41, 5.74) is 2.89. The van der Waals surface area contributed by atoms with Crippen molar-refractivity contribution in [1.82, 2.24) is 15.5 Å². The number of rotatable bonds is 8. The Bertz CT molecular complexity index is 938. The Morgan fingerprint density at radius 2 is 1.77 bits per heavy atom. The van der Waals surface area contributed by atoms with Gasteiger partial charge in [-0.15, -0.1) is 0 Å². The van der Waals surface area contributed by atoms with E-state index in [1.807, 2.05) is 18.2 Å². The normalized spacial score (nSPS) is 13.8. The van der Waals surface area contributed by atoms with Crippen LogP contribution in [0.5, 0.6) is 0 Å². The van der Waals surface area contributed by atoms with Gasteiger partial charge in [-0.3, -0.25) is 24.6 Å². The third kappa shape index (κ3) is 5.64. The summed E-state index contributed by atoms with van der Waals surface area (Å²) in [6.07, 6.45) is 2.46. The molecule has 2 aromatic carbocycles. The molecule has 0 unspecified atom stereocenters. The maximum atomic E-state index is 12.2. The van der Waals surface area contributed by atoms with Gasteiger partial charge < -0.3 is 10.6 Å². The Kier molecular flexibility index (Phi) is 7.13. The quantitative estimate of drug-likeness (QED) is 0.514. The molecule has 0 spiro atoms. The number of nitro benzene ring substituents is 1. The average Bonchev–Trinajstić information content (AvgIpc) is 3.24. The summed E-state index contributed by atoms with van der Waals surface area (Å²) >= 11 is 0. The molecule has 0 radical (unpaired) electrons. The van der Waals surface area contributed by atoms with Crippen molar-refractivity contribution in [2.24, 2.45) is 0 Å². The summed E-state index contributed by atoms with van der Waals surface area (Å²) in [6.45, 7) is 4.89. The van der Waals surface area contributed by atoms with Crippen molar-refractivity contribution in [3.8, 4) is 0 Å². The molecule has 1 aliphatic heterocycles. The Labute approximate surface area is 175 Å². The molecular weight excluding hydrogens is 384 g/mol. The van der Waals surface area contributed by atoms with E-state index in [2.05, 4.69) is 21.6 Å².